The first-order valence-electron chi connectivity index (χ1n) is 44.0. The molecule has 9 nitrogen and oxygen atoms in total. The zero-order valence-electron chi connectivity index (χ0n) is 75.2. The molecule has 1 unspecified atom stereocenters. The van der Waals surface area contributed by atoms with Crippen molar-refractivity contribution in [1.29, 1.82) is 0 Å². The fraction of sp³-hybridized carbons (Fsp3) is 0.250. The number of imidazole rings is 4. The van der Waals surface area contributed by atoms with E-state index in [0.717, 1.165) is 28.4 Å². The average Bonchev–Trinajstić information content (AvgIpc) is 1.58. The van der Waals surface area contributed by atoms with Crippen LogP contribution in [-0.2, 0) is 34.6 Å². The van der Waals surface area contributed by atoms with Gasteiger partial charge >= 0.3 is 0 Å². The van der Waals surface area contributed by atoms with Crippen LogP contribution < -0.4 is 18.3 Å². The molecule has 1 aliphatic heterocycles. The summed E-state index contributed by atoms with van der Waals surface area (Å²) in [5.74, 6) is 7.99. The Hall–Kier alpha value is -12.3. The number of fused-ring (bicyclic) bond motifs is 12. The first kappa shape index (κ1) is 83.0. The van der Waals surface area contributed by atoms with Crippen molar-refractivity contribution in [2.75, 3.05) is 0 Å². The smallest absolute Gasteiger partial charge is 0.294 e. The van der Waals surface area contributed by atoms with Crippen LogP contribution in [0.3, 0.4) is 0 Å². The number of benzene rings is 12. The first-order chi connectivity index (χ1) is 59.3. The van der Waals surface area contributed by atoms with E-state index < -0.39 is 0 Å². The van der Waals surface area contributed by atoms with Crippen molar-refractivity contribution in [2.24, 2.45) is 28.2 Å². The molecule has 0 amide bonds. The van der Waals surface area contributed by atoms with Gasteiger partial charge in [-0.05, 0) is 152 Å². The van der Waals surface area contributed by atoms with E-state index in [4.69, 9.17) is 4.42 Å². The van der Waals surface area contributed by atoms with E-state index in [9.17, 15) is 0 Å². The normalized spacial score (nSPS) is 12.7. The molecule has 11 heteroatoms. The average molecular weight is 1650 g/mol. The number of furan rings is 1. The Morgan fingerprint density at radius 2 is 0.805 bits per heavy atom. The van der Waals surface area contributed by atoms with Gasteiger partial charge in [0, 0.05) is 102 Å². The number of rotatable bonds is 14. The van der Waals surface area contributed by atoms with E-state index in [-0.39, 0.29) is 0 Å². The quantitative estimate of drug-likeness (QED) is 0.100. The first-order valence-corrected chi connectivity index (χ1v) is 45.6. The van der Waals surface area contributed by atoms with E-state index in [1.54, 1.807) is 0 Å². The maximum atomic E-state index is 6.14. The summed E-state index contributed by atoms with van der Waals surface area (Å²) in [5, 5.41) is 7.79. The highest BCUT2D eigenvalue weighted by Gasteiger charge is 2.38. The second-order valence-corrected chi connectivity index (χ2v) is 37.9. The van der Waals surface area contributed by atoms with Gasteiger partial charge in [0.1, 0.15) is 77.3 Å². The minimum atomic E-state index is 0.389. The third-order valence-corrected chi connectivity index (χ3v) is 27.8. The number of aromatic nitrogens is 8. The maximum absolute atomic E-state index is 6.14. The highest BCUT2D eigenvalue weighted by Crippen LogP contribution is 2.48. The topological polar surface area (TPSA) is 48.4 Å². The van der Waals surface area contributed by atoms with Crippen LogP contribution in [0.1, 0.15) is 197 Å². The van der Waals surface area contributed by atoms with Gasteiger partial charge in [-0.15, -0.1) is 22.7 Å². The van der Waals surface area contributed by atoms with Crippen molar-refractivity contribution in [3.63, 3.8) is 0 Å². The van der Waals surface area contributed by atoms with Crippen LogP contribution in [-0.4, -0.2) is 18.3 Å². The van der Waals surface area contributed by atoms with Gasteiger partial charge in [-0.2, -0.15) is 18.3 Å². The molecule has 7 aromatic heterocycles. The lowest BCUT2D eigenvalue weighted by molar-refractivity contribution is -0.678. The molecule has 1 atom stereocenters. The Morgan fingerprint density at radius 3 is 1.37 bits per heavy atom. The van der Waals surface area contributed by atoms with Crippen molar-refractivity contribution in [3.8, 4) is 68.2 Å². The standard InChI is InChI=1S/C29H31N2O.2C29H31N2S.C25H23N2/c1-18(2)21-11-9-12-22(19(3)4)28(21)31-15-14-30(6)29(31)24-17-25-23-10-7-8-13-26(23)32-27(25)16-20(24)5;1-18(2)23-17-24-22-13-9-10-14-25(22)32-28(24)26(19(3)4)27(23)31-16-15-30(6)29(31)21-12-8-7-11-20(21)5;1-18(2)21-11-9-12-22(19(3)4)28(21)31-15-14-30(6)29(31)24-17-25-23-10-7-8-13-26(23)32-27(25)16-20(24)5;1-18-10-6-7-13-20(18)22-16-25-26(2)17-24(19-11-4-3-5-12-19)27(25)23-15-9-8-14-21(22)23/h3*7-19H,1-6H3;3-15,17,22H,16H2,1-2H3/q4*+1. The molecule has 0 radical (unpaired) electrons. The zero-order chi connectivity index (χ0) is 86.1. The molecule has 0 saturated carbocycles. The number of hydrogen-bond donors (Lipinski definition) is 0. The van der Waals surface area contributed by atoms with Crippen molar-refractivity contribution >= 4 is 85.0 Å². The highest BCUT2D eigenvalue weighted by atomic mass is 32.1. The van der Waals surface area contributed by atoms with E-state index in [2.05, 4.69) is 449 Å². The van der Waals surface area contributed by atoms with E-state index in [1.807, 2.05) is 34.8 Å². The van der Waals surface area contributed by atoms with Gasteiger partial charge in [0.15, 0.2) is 5.69 Å². The summed E-state index contributed by atoms with van der Waals surface area (Å²) in [6.07, 6.45) is 16.5. The van der Waals surface area contributed by atoms with Crippen LogP contribution in [0.4, 0.5) is 0 Å². The SMILES string of the molecule is Cc1cc2oc3ccccc3c2cc1-c1n(-c2c(C(C)C)cccc2C(C)C)cc[n+]1C.Cc1cc2sc3ccccc3c2cc1-c1n(-c2c(C(C)C)cccc2C(C)C)cc[n+]1C.Cc1ccccc1-c1n(-c2c(C(C)C)cc3c(sc4ccccc43)c2C(C)C)cc[n+]1C.Cc1ccccc1C1Cc2n(c(-c3ccccc3)c[n+]2C)-c2ccccc21. The fourth-order valence-corrected chi connectivity index (χ4v) is 21.7. The molecular weight excluding hydrogens is 1540 g/mol. The van der Waals surface area contributed by atoms with Crippen molar-refractivity contribution in [1.82, 2.24) is 18.3 Å². The van der Waals surface area contributed by atoms with Crippen molar-refractivity contribution < 1.29 is 22.7 Å². The molecule has 0 N–H and O–H groups in total. The lowest BCUT2D eigenvalue weighted by atomic mass is 9.83. The summed E-state index contributed by atoms with van der Waals surface area (Å²) in [6.45, 7) is 36.4. The highest BCUT2D eigenvalue weighted by molar-refractivity contribution is 7.26. The van der Waals surface area contributed by atoms with Crippen LogP contribution in [0.25, 0.3) is 130 Å². The van der Waals surface area contributed by atoms with Gasteiger partial charge in [-0.25, -0.2) is 18.3 Å². The molecule has 12 aromatic carbocycles. The minimum absolute atomic E-state index is 0.389. The van der Waals surface area contributed by atoms with Crippen molar-refractivity contribution in [2.45, 2.75) is 159 Å². The Balaban J connectivity index is 0.000000117. The monoisotopic (exact) mass is 1650 g/mol. The number of aryl methyl sites for hydroxylation is 8. The lowest BCUT2D eigenvalue weighted by Gasteiger charge is -2.25. The summed E-state index contributed by atoms with van der Waals surface area (Å²) in [4.78, 5) is 0. The molecule has 1 aliphatic rings. The Bertz CT molecular complexity index is 6900. The van der Waals surface area contributed by atoms with E-state index in [0.29, 0.717) is 41.4 Å². The molecule has 0 spiro atoms. The summed E-state index contributed by atoms with van der Waals surface area (Å²) >= 11 is 3.82. The summed E-state index contributed by atoms with van der Waals surface area (Å²) in [7, 11) is 8.62. The van der Waals surface area contributed by atoms with Crippen LogP contribution in [0.2, 0.25) is 0 Å². The molecule has 20 rings (SSSR count). The maximum Gasteiger partial charge on any atom is 0.294 e. The lowest BCUT2D eigenvalue weighted by Crippen LogP contribution is -2.35. The van der Waals surface area contributed by atoms with Crippen LogP contribution in [0.5, 0.6) is 0 Å². The van der Waals surface area contributed by atoms with Crippen molar-refractivity contribution in [3.05, 3.63) is 359 Å². The minimum Gasteiger partial charge on any atom is -0.456 e. The predicted octanol–water partition coefficient (Wildman–Crippen LogP) is 28.2. The Labute approximate surface area is 734 Å². The third kappa shape index (κ3) is 15.3. The second-order valence-electron chi connectivity index (χ2n) is 35.8. The van der Waals surface area contributed by atoms with Gasteiger partial charge in [-0.3, -0.25) is 0 Å². The predicted molar refractivity (Wildman–Crippen MR) is 518 cm³/mol. The molecule has 0 bridgehead atoms. The second kappa shape index (κ2) is 34.2. The number of para-hydroxylation sites is 4. The molecule has 0 saturated heterocycles. The summed E-state index contributed by atoms with van der Waals surface area (Å²) in [5.41, 5.74) is 29.9. The van der Waals surface area contributed by atoms with Gasteiger partial charge in [0.05, 0.1) is 51.3 Å². The largest absolute Gasteiger partial charge is 0.456 e. The molecule has 618 valence electrons. The Morgan fingerprint density at radius 1 is 0.341 bits per heavy atom. The summed E-state index contributed by atoms with van der Waals surface area (Å²) < 4.78 is 30.4. The number of nitrogens with zero attached hydrogens (tertiary/aromatic N) is 8. The molecule has 8 heterocycles. The van der Waals surface area contributed by atoms with E-state index in [1.165, 1.54) is 181 Å². The number of hydrogen-bond acceptors (Lipinski definition) is 3. The van der Waals surface area contributed by atoms with E-state index >= 15 is 0 Å². The molecule has 0 fully saturated rings. The van der Waals surface area contributed by atoms with Gasteiger partial charge in [0.2, 0.25) is 0 Å². The van der Waals surface area contributed by atoms with Crippen LogP contribution in [0, 0.1) is 27.7 Å². The number of thiophene rings is 2. The molecule has 19 aromatic rings. The Kier molecular flexibility index (Phi) is 23.1. The third-order valence-electron chi connectivity index (χ3n) is 25.4. The summed E-state index contributed by atoms with van der Waals surface area (Å²) in [6, 6.07) is 88.2. The molecule has 123 heavy (non-hydrogen) atoms. The van der Waals surface area contributed by atoms with Gasteiger partial charge in [0.25, 0.3) is 23.3 Å². The fourth-order valence-electron chi connectivity index (χ4n) is 19.2. The molecular formula is C112H116N8OS2+4. The van der Waals surface area contributed by atoms with Crippen LogP contribution >= 0.6 is 22.7 Å². The van der Waals surface area contributed by atoms with Gasteiger partial charge < -0.3 is 4.42 Å². The van der Waals surface area contributed by atoms with Crippen LogP contribution in [0.15, 0.2) is 290 Å². The van der Waals surface area contributed by atoms with Gasteiger partial charge in [-0.1, -0.05) is 265 Å². The zero-order valence-corrected chi connectivity index (χ0v) is 76.8. The molecule has 0 aliphatic carbocycles.